The van der Waals surface area contributed by atoms with E-state index >= 15 is 0 Å². The maximum Gasteiger partial charge on any atom is -0.0103 e. The van der Waals surface area contributed by atoms with Crippen molar-refractivity contribution in [3.8, 4) is 0 Å². The summed E-state index contributed by atoms with van der Waals surface area (Å²) in [4.78, 5) is 0. The van der Waals surface area contributed by atoms with E-state index in [4.69, 9.17) is 0 Å². The van der Waals surface area contributed by atoms with Gasteiger partial charge in [-0.25, -0.2) is 0 Å². The molecule has 2 rings (SSSR count). The van der Waals surface area contributed by atoms with Gasteiger partial charge >= 0.3 is 0 Å². The Morgan fingerprint density at radius 3 is 2.38 bits per heavy atom. The first-order chi connectivity index (χ1) is 7.25. The lowest BCUT2D eigenvalue weighted by molar-refractivity contribution is 0.166. The second kappa shape index (κ2) is 3.48. The lowest BCUT2D eigenvalue weighted by Gasteiger charge is -2.49. The predicted octanol–water partition coefficient (Wildman–Crippen LogP) is 5.12. The van der Waals surface area contributed by atoms with Crippen LogP contribution in [0.5, 0.6) is 0 Å². The molecular formula is C16H26. The molecule has 90 valence electrons. The van der Waals surface area contributed by atoms with E-state index in [0.29, 0.717) is 10.8 Å². The van der Waals surface area contributed by atoms with Crippen molar-refractivity contribution in [3.63, 3.8) is 0 Å². The molecule has 16 heavy (non-hydrogen) atoms. The fourth-order valence-electron chi connectivity index (χ4n) is 3.60. The van der Waals surface area contributed by atoms with Crippen LogP contribution >= 0.6 is 0 Å². The third kappa shape index (κ3) is 1.67. The van der Waals surface area contributed by atoms with E-state index in [1.807, 2.05) is 0 Å². The van der Waals surface area contributed by atoms with Crippen molar-refractivity contribution in [3.05, 3.63) is 22.8 Å². The summed E-state index contributed by atoms with van der Waals surface area (Å²) in [6, 6.07) is 0. The van der Waals surface area contributed by atoms with Gasteiger partial charge < -0.3 is 0 Å². The van der Waals surface area contributed by atoms with E-state index in [-0.39, 0.29) is 0 Å². The van der Waals surface area contributed by atoms with E-state index in [0.717, 1.165) is 5.92 Å². The van der Waals surface area contributed by atoms with Crippen LogP contribution in [0, 0.1) is 16.7 Å². The quantitative estimate of drug-likeness (QED) is 0.495. The summed E-state index contributed by atoms with van der Waals surface area (Å²) in [5, 5.41) is 0. The van der Waals surface area contributed by atoms with Crippen LogP contribution in [0.15, 0.2) is 22.8 Å². The van der Waals surface area contributed by atoms with Crippen molar-refractivity contribution < 1.29 is 0 Å². The molecule has 0 radical (unpaired) electrons. The molecule has 0 bridgehead atoms. The van der Waals surface area contributed by atoms with Gasteiger partial charge in [0.15, 0.2) is 0 Å². The molecule has 2 aliphatic carbocycles. The minimum Gasteiger partial charge on any atom is -0.0812 e. The topological polar surface area (TPSA) is 0 Å². The van der Waals surface area contributed by atoms with Crippen molar-refractivity contribution in [1.82, 2.24) is 0 Å². The fraction of sp³-hybridized carbons (Fsp3) is 0.750. The Morgan fingerprint density at radius 1 is 1.12 bits per heavy atom. The van der Waals surface area contributed by atoms with Gasteiger partial charge in [-0.3, -0.25) is 0 Å². The molecular weight excluding hydrogens is 192 g/mol. The summed E-state index contributed by atoms with van der Waals surface area (Å²) in [7, 11) is 0. The summed E-state index contributed by atoms with van der Waals surface area (Å²) in [6.45, 7) is 14.5. The van der Waals surface area contributed by atoms with Crippen molar-refractivity contribution in [2.45, 2.75) is 60.8 Å². The highest BCUT2D eigenvalue weighted by molar-refractivity contribution is 5.38. The Labute approximate surface area is 101 Å². The third-order valence-corrected chi connectivity index (χ3v) is 5.12. The Hall–Kier alpha value is -0.520. The van der Waals surface area contributed by atoms with Gasteiger partial charge in [0, 0.05) is 0 Å². The average molecular weight is 218 g/mol. The molecule has 0 aromatic heterocycles. The Bertz CT molecular complexity index is 363. The zero-order valence-electron chi connectivity index (χ0n) is 11.8. The van der Waals surface area contributed by atoms with Crippen molar-refractivity contribution >= 4 is 0 Å². The van der Waals surface area contributed by atoms with Crippen LogP contribution in [-0.4, -0.2) is 0 Å². The lowest BCUT2D eigenvalue weighted by Crippen LogP contribution is -2.38. The summed E-state index contributed by atoms with van der Waals surface area (Å²) >= 11 is 0. The van der Waals surface area contributed by atoms with Gasteiger partial charge in [0.05, 0.1) is 0 Å². The van der Waals surface area contributed by atoms with Crippen LogP contribution in [0.2, 0.25) is 0 Å². The SMILES string of the molecule is CC1=CCC2=C(C1)C(C)(C)C(C)CC2(C)C. The molecule has 0 saturated heterocycles. The number of rotatable bonds is 0. The Morgan fingerprint density at radius 2 is 1.75 bits per heavy atom. The molecule has 0 heterocycles. The first kappa shape index (κ1) is 12.0. The van der Waals surface area contributed by atoms with Gasteiger partial charge in [-0.15, -0.1) is 0 Å². The molecule has 0 nitrogen and oxygen atoms in total. The molecule has 2 aliphatic rings. The van der Waals surface area contributed by atoms with Crippen molar-refractivity contribution in [1.29, 1.82) is 0 Å². The van der Waals surface area contributed by atoms with Gasteiger partial charge in [0.25, 0.3) is 0 Å². The van der Waals surface area contributed by atoms with Gasteiger partial charge in [0.2, 0.25) is 0 Å². The molecule has 0 amide bonds. The minimum absolute atomic E-state index is 0.403. The summed E-state index contributed by atoms with van der Waals surface area (Å²) in [5.74, 6) is 0.798. The maximum atomic E-state index is 2.45. The third-order valence-electron chi connectivity index (χ3n) is 5.12. The summed E-state index contributed by atoms with van der Waals surface area (Å²) in [6.07, 6.45) is 6.19. The Kier molecular flexibility index (Phi) is 2.60. The molecule has 0 heteroatoms. The second-order valence-electron chi connectivity index (χ2n) is 7.10. The molecule has 0 N–H and O–H groups in total. The minimum atomic E-state index is 0.403. The molecule has 0 saturated carbocycles. The fourth-order valence-corrected chi connectivity index (χ4v) is 3.60. The maximum absolute atomic E-state index is 2.45. The zero-order chi connectivity index (χ0) is 12.1. The largest absolute Gasteiger partial charge is 0.0812 e. The molecule has 0 fully saturated rings. The van der Waals surface area contributed by atoms with Crippen LogP contribution < -0.4 is 0 Å². The highest BCUT2D eigenvalue weighted by Crippen LogP contribution is 2.55. The van der Waals surface area contributed by atoms with Crippen molar-refractivity contribution in [2.24, 2.45) is 16.7 Å². The van der Waals surface area contributed by atoms with E-state index in [1.54, 1.807) is 16.7 Å². The van der Waals surface area contributed by atoms with E-state index in [2.05, 4.69) is 47.6 Å². The second-order valence-corrected chi connectivity index (χ2v) is 7.10. The molecule has 0 spiro atoms. The van der Waals surface area contributed by atoms with E-state index < -0.39 is 0 Å². The number of hydrogen-bond donors (Lipinski definition) is 0. The lowest BCUT2D eigenvalue weighted by atomic mass is 9.55. The van der Waals surface area contributed by atoms with Crippen LogP contribution in [0.4, 0.5) is 0 Å². The zero-order valence-corrected chi connectivity index (χ0v) is 11.8. The van der Waals surface area contributed by atoms with Gasteiger partial charge in [-0.2, -0.15) is 0 Å². The average Bonchev–Trinajstić information content (AvgIpc) is 2.14. The Balaban J connectivity index is 2.50. The molecule has 0 aromatic carbocycles. The van der Waals surface area contributed by atoms with Crippen LogP contribution in [0.3, 0.4) is 0 Å². The summed E-state index contributed by atoms with van der Waals surface area (Å²) < 4.78 is 0. The standard InChI is InChI=1S/C16H26/c1-11-7-8-13-14(9-11)16(5,6)12(2)10-15(13,3)4/h7,12H,8-10H2,1-6H3. The van der Waals surface area contributed by atoms with Gasteiger partial charge in [0.1, 0.15) is 0 Å². The molecule has 0 aromatic rings. The van der Waals surface area contributed by atoms with Gasteiger partial charge in [-0.1, -0.05) is 57.4 Å². The first-order valence-corrected chi connectivity index (χ1v) is 6.64. The van der Waals surface area contributed by atoms with Crippen LogP contribution in [-0.2, 0) is 0 Å². The normalized spacial score (nSPS) is 32.1. The van der Waals surface area contributed by atoms with Crippen molar-refractivity contribution in [2.75, 3.05) is 0 Å². The molecule has 1 unspecified atom stereocenters. The number of allylic oxidation sites excluding steroid dienone is 4. The van der Waals surface area contributed by atoms with Crippen LogP contribution in [0.1, 0.15) is 60.8 Å². The first-order valence-electron chi connectivity index (χ1n) is 6.64. The highest BCUT2D eigenvalue weighted by atomic mass is 14.5. The van der Waals surface area contributed by atoms with Gasteiger partial charge in [-0.05, 0) is 42.9 Å². The van der Waals surface area contributed by atoms with E-state index in [1.165, 1.54) is 19.3 Å². The highest BCUT2D eigenvalue weighted by Gasteiger charge is 2.43. The predicted molar refractivity (Wildman–Crippen MR) is 71.4 cm³/mol. The molecule has 1 atom stereocenters. The smallest absolute Gasteiger partial charge is 0.0103 e. The van der Waals surface area contributed by atoms with E-state index in [9.17, 15) is 0 Å². The monoisotopic (exact) mass is 218 g/mol. The van der Waals surface area contributed by atoms with Crippen LogP contribution in [0.25, 0.3) is 0 Å². The molecule has 0 aliphatic heterocycles. The number of hydrogen-bond acceptors (Lipinski definition) is 0. The summed E-state index contributed by atoms with van der Waals surface area (Å²) in [5.41, 5.74) is 5.87.